The average molecular weight is 322 g/mol. The van der Waals surface area contributed by atoms with Gasteiger partial charge in [-0.05, 0) is 74.8 Å². The van der Waals surface area contributed by atoms with Gasteiger partial charge in [-0.3, -0.25) is 0 Å². The maximum absolute atomic E-state index is 5.00. The Morgan fingerprint density at radius 2 is 1.79 bits per heavy atom. The molecule has 0 N–H and O–H groups in total. The molecule has 1 aromatic carbocycles. The third-order valence-corrected chi connectivity index (χ3v) is 5.04. The highest BCUT2D eigenvalue weighted by atomic mass is 15.2. The first kappa shape index (κ1) is 17.0. The summed E-state index contributed by atoms with van der Waals surface area (Å²) in [4.78, 5) is 7.48. The Morgan fingerprint density at radius 3 is 2.54 bits per heavy atom. The summed E-state index contributed by atoms with van der Waals surface area (Å²) in [5.74, 6) is 1.18. The lowest BCUT2D eigenvalue weighted by atomic mass is 9.97. The maximum atomic E-state index is 5.00. The minimum Gasteiger partial charge on any atom is -0.357 e. The lowest BCUT2D eigenvalue weighted by molar-refractivity contribution is 0.572. The molecule has 2 heterocycles. The van der Waals surface area contributed by atoms with Gasteiger partial charge < -0.3 is 4.90 Å². The van der Waals surface area contributed by atoms with Crippen LogP contribution in [-0.2, 0) is 6.42 Å². The van der Waals surface area contributed by atoms with E-state index in [-0.39, 0.29) is 0 Å². The molecule has 2 aromatic rings. The highest BCUT2D eigenvalue weighted by Gasteiger charge is 2.15. The second-order valence-electron chi connectivity index (χ2n) is 7.17. The van der Waals surface area contributed by atoms with Crippen molar-refractivity contribution in [2.24, 2.45) is 0 Å². The number of aromatic nitrogens is 1. The zero-order valence-corrected chi connectivity index (χ0v) is 15.4. The summed E-state index contributed by atoms with van der Waals surface area (Å²) in [6, 6.07) is 11.4. The van der Waals surface area contributed by atoms with E-state index in [0.29, 0.717) is 0 Å². The van der Waals surface area contributed by atoms with Gasteiger partial charge in [-0.2, -0.15) is 0 Å². The van der Waals surface area contributed by atoms with Crippen LogP contribution in [0.2, 0.25) is 0 Å². The van der Waals surface area contributed by atoms with E-state index >= 15 is 0 Å². The van der Waals surface area contributed by atoms with Crippen LogP contribution in [0.3, 0.4) is 0 Å². The minimum absolute atomic E-state index is 1.08. The van der Waals surface area contributed by atoms with Crippen LogP contribution in [0.1, 0.15) is 55.8 Å². The summed E-state index contributed by atoms with van der Waals surface area (Å²) in [6.07, 6.45) is 7.45. The number of hydrogen-bond acceptors (Lipinski definition) is 2. The Balaban J connectivity index is 2.01. The van der Waals surface area contributed by atoms with Gasteiger partial charge in [-0.15, -0.1) is 0 Å². The van der Waals surface area contributed by atoms with Crippen LogP contribution in [-0.4, -0.2) is 18.1 Å². The number of rotatable bonds is 5. The predicted molar refractivity (Wildman–Crippen MR) is 104 cm³/mol. The van der Waals surface area contributed by atoms with E-state index < -0.39 is 0 Å². The van der Waals surface area contributed by atoms with Gasteiger partial charge in [0, 0.05) is 18.8 Å². The van der Waals surface area contributed by atoms with Crippen molar-refractivity contribution < 1.29 is 0 Å². The molecule has 1 fully saturated rings. The second-order valence-corrected chi connectivity index (χ2v) is 7.17. The van der Waals surface area contributed by atoms with Crippen molar-refractivity contribution in [2.45, 2.75) is 59.3 Å². The molecule has 0 amide bonds. The monoisotopic (exact) mass is 322 g/mol. The number of aryl methyl sites for hydroxylation is 3. The molecule has 1 aliphatic heterocycles. The lowest BCUT2D eigenvalue weighted by Crippen LogP contribution is -2.30. The molecule has 1 aliphatic rings. The van der Waals surface area contributed by atoms with E-state index in [0.717, 1.165) is 19.5 Å². The number of pyridine rings is 1. The van der Waals surface area contributed by atoms with Crippen LogP contribution in [0, 0.1) is 13.8 Å². The number of hydrogen-bond donors (Lipinski definition) is 0. The summed E-state index contributed by atoms with van der Waals surface area (Å²) in [6.45, 7) is 8.93. The summed E-state index contributed by atoms with van der Waals surface area (Å²) in [7, 11) is 0. The second kappa shape index (κ2) is 7.83. The highest BCUT2D eigenvalue weighted by molar-refractivity contribution is 5.71. The molecule has 0 radical (unpaired) electrons. The van der Waals surface area contributed by atoms with Gasteiger partial charge in [0.05, 0.1) is 0 Å². The summed E-state index contributed by atoms with van der Waals surface area (Å²) in [5, 5.41) is 0. The topological polar surface area (TPSA) is 16.1 Å². The zero-order valence-electron chi connectivity index (χ0n) is 15.4. The maximum Gasteiger partial charge on any atom is 0.129 e. The molecule has 0 bridgehead atoms. The van der Waals surface area contributed by atoms with Crippen LogP contribution in [0.25, 0.3) is 11.1 Å². The molecule has 0 unspecified atom stereocenters. The van der Waals surface area contributed by atoms with E-state index in [9.17, 15) is 0 Å². The Hall–Kier alpha value is -1.83. The van der Waals surface area contributed by atoms with Gasteiger partial charge in [0.25, 0.3) is 0 Å². The molecule has 3 rings (SSSR count). The SMILES string of the molecule is CCCCc1cc(-c2cc(C)ccc2C)cc(N2CCCCC2)n1. The fourth-order valence-corrected chi connectivity index (χ4v) is 3.55. The first-order valence-corrected chi connectivity index (χ1v) is 9.51. The molecule has 128 valence electrons. The van der Waals surface area contributed by atoms with E-state index in [1.54, 1.807) is 0 Å². The van der Waals surface area contributed by atoms with E-state index in [1.807, 2.05) is 0 Å². The third-order valence-electron chi connectivity index (χ3n) is 5.04. The van der Waals surface area contributed by atoms with Crippen molar-refractivity contribution in [3.05, 3.63) is 47.2 Å². The largest absolute Gasteiger partial charge is 0.357 e. The molecule has 1 saturated heterocycles. The molecule has 0 spiro atoms. The van der Waals surface area contributed by atoms with Crippen LogP contribution in [0.15, 0.2) is 30.3 Å². The van der Waals surface area contributed by atoms with E-state index in [4.69, 9.17) is 4.98 Å². The van der Waals surface area contributed by atoms with Gasteiger partial charge in [-0.1, -0.05) is 37.1 Å². The number of piperidine rings is 1. The fourth-order valence-electron chi connectivity index (χ4n) is 3.55. The quantitative estimate of drug-likeness (QED) is 0.702. The molecule has 24 heavy (non-hydrogen) atoms. The summed E-state index contributed by atoms with van der Waals surface area (Å²) in [5.41, 5.74) is 6.60. The Labute approximate surface area is 146 Å². The van der Waals surface area contributed by atoms with Gasteiger partial charge in [0.2, 0.25) is 0 Å². The standard InChI is InChI=1S/C22H30N2/c1-4-5-9-20-15-19(21-14-17(2)10-11-18(21)3)16-22(23-20)24-12-7-6-8-13-24/h10-11,14-16H,4-9,12-13H2,1-3H3. The zero-order chi connectivity index (χ0) is 16.9. The minimum atomic E-state index is 1.08. The van der Waals surface area contributed by atoms with Crippen LogP contribution >= 0.6 is 0 Å². The highest BCUT2D eigenvalue weighted by Crippen LogP contribution is 2.29. The first-order chi connectivity index (χ1) is 11.7. The smallest absolute Gasteiger partial charge is 0.129 e. The molecule has 2 nitrogen and oxygen atoms in total. The summed E-state index contributed by atoms with van der Waals surface area (Å²) < 4.78 is 0. The Bertz CT molecular complexity index is 684. The molecule has 0 aliphatic carbocycles. The van der Waals surface area contributed by atoms with Gasteiger partial charge in [0.1, 0.15) is 5.82 Å². The number of unbranched alkanes of at least 4 members (excludes halogenated alkanes) is 1. The fraction of sp³-hybridized carbons (Fsp3) is 0.500. The average Bonchev–Trinajstić information content (AvgIpc) is 2.62. The van der Waals surface area contributed by atoms with Crippen molar-refractivity contribution in [1.82, 2.24) is 4.98 Å². The molecule has 0 saturated carbocycles. The summed E-state index contributed by atoms with van der Waals surface area (Å²) >= 11 is 0. The molecule has 1 aromatic heterocycles. The van der Waals surface area contributed by atoms with Crippen molar-refractivity contribution in [3.8, 4) is 11.1 Å². The lowest BCUT2D eigenvalue weighted by Gasteiger charge is -2.28. The van der Waals surface area contributed by atoms with Crippen molar-refractivity contribution >= 4 is 5.82 Å². The van der Waals surface area contributed by atoms with Crippen LogP contribution < -0.4 is 4.90 Å². The normalized spacial score (nSPS) is 14.9. The number of nitrogens with zero attached hydrogens (tertiary/aromatic N) is 2. The van der Waals surface area contributed by atoms with Gasteiger partial charge >= 0.3 is 0 Å². The van der Waals surface area contributed by atoms with Gasteiger partial charge in [-0.25, -0.2) is 4.98 Å². The molecular weight excluding hydrogens is 292 g/mol. The van der Waals surface area contributed by atoms with E-state index in [2.05, 4.69) is 56.0 Å². The molecule has 0 atom stereocenters. The third kappa shape index (κ3) is 3.98. The first-order valence-electron chi connectivity index (χ1n) is 9.51. The molecular formula is C22H30N2. The number of benzene rings is 1. The van der Waals surface area contributed by atoms with Gasteiger partial charge in [0.15, 0.2) is 0 Å². The van der Waals surface area contributed by atoms with Crippen molar-refractivity contribution in [1.29, 1.82) is 0 Å². The Kier molecular flexibility index (Phi) is 5.55. The predicted octanol–water partition coefficient (Wildman–Crippen LogP) is 5.70. The van der Waals surface area contributed by atoms with Crippen molar-refractivity contribution in [2.75, 3.05) is 18.0 Å². The van der Waals surface area contributed by atoms with Crippen molar-refractivity contribution in [3.63, 3.8) is 0 Å². The molecule has 2 heteroatoms. The van der Waals surface area contributed by atoms with Crippen LogP contribution in [0.5, 0.6) is 0 Å². The van der Waals surface area contributed by atoms with Crippen LogP contribution in [0.4, 0.5) is 5.82 Å². The Morgan fingerprint density at radius 1 is 1.00 bits per heavy atom. The van der Waals surface area contributed by atoms with E-state index in [1.165, 1.54) is 65.9 Å². The number of anilines is 1.